The van der Waals surface area contributed by atoms with E-state index in [9.17, 15) is 0 Å². The van der Waals surface area contributed by atoms with Crippen molar-refractivity contribution in [3.8, 4) is 0 Å². The molecule has 1 rings (SSSR count). The minimum atomic E-state index is 0.337. The maximum Gasteiger partial charge on any atom is 0.0393 e. The molecule has 0 aliphatic rings. The molecule has 14 heavy (non-hydrogen) atoms. The minimum Gasteiger partial charge on any atom is -0.398 e. The molecule has 1 aromatic heterocycles. The fourth-order valence-electron chi connectivity index (χ4n) is 1.50. The van der Waals surface area contributed by atoms with E-state index in [0.29, 0.717) is 6.04 Å². The van der Waals surface area contributed by atoms with Crippen molar-refractivity contribution in [2.24, 2.45) is 0 Å². The summed E-state index contributed by atoms with van der Waals surface area (Å²) < 4.78 is 0. The maximum absolute atomic E-state index is 5.89. The van der Waals surface area contributed by atoms with Crippen molar-refractivity contribution in [2.75, 3.05) is 12.3 Å². The van der Waals surface area contributed by atoms with E-state index in [1.807, 2.05) is 12.3 Å². The SMILES string of the molecule is CCCNC(CC)c1cnccc1N. The van der Waals surface area contributed by atoms with E-state index in [2.05, 4.69) is 24.1 Å². The third-order valence-electron chi connectivity index (χ3n) is 2.31. The summed E-state index contributed by atoms with van der Waals surface area (Å²) in [5.41, 5.74) is 7.83. The smallest absolute Gasteiger partial charge is 0.0393 e. The Morgan fingerprint density at radius 3 is 2.86 bits per heavy atom. The molecule has 0 radical (unpaired) electrons. The average molecular weight is 193 g/mol. The summed E-state index contributed by atoms with van der Waals surface area (Å²) in [5.74, 6) is 0. The molecule has 0 spiro atoms. The lowest BCUT2D eigenvalue weighted by atomic mass is 10.1. The number of hydrogen-bond acceptors (Lipinski definition) is 3. The van der Waals surface area contributed by atoms with E-state index >= 15 is 0 Å². The number of nitrogens with zero attached hydrogens (tertiary/aromatic N) is 1. The summed E-state index contributed by atoms with van der Waals surface area (Å²) in [5, 5.41) is 3.46. The van der Waals surface area contributed by atoms with Gasteiger partial charge in [0.15, 0.2) is 0 Å². The van der Waals surface area contributed by atoms with Gasteiger partial charge in [0.25, 0.3) is 0 Å². The van der Waals surface area contributed by atoms with E-state index in [1.165, 1.54) is 0 Å². The molecule has 1 heterocycles. The second-order valence-corrected chi connectivity index (χ2v) is 3.42. The number of aromatic nitrogens is 1. The van der Waals surface area contributed by atoms with Gasteiger partial charge >= 0.3 is 0 Å². The zero-order chi connectivity index (χ0) is 10.4. The average Bonchev–Trinajstić information content (AvgIpc) is 2.21. The fourth-order valence-corrected chi connectivity index (χ4v) is 1.50. The summed E-state index contributed by atoms with van der Waals surface area (Å²) >= 11 is 0. The van der Waals surface area contributed by atoms with Gasteiger partial charge in [-0.3, -0.25) is 4.98 Å². The highest BCUT2D eigenvalue weighted by Gasteiger charge is 2.10. The Morgan fingerprint density at radius 2 is 2.29 bits per heavy atom. The topological polar surface area (TPSA) is 50.9 Å². The summed E-state index contributed by atoms with van der Waals surface area (Å²) in [4.78, 5) is 4.10. The van der Waals surface area contributed by atoms with E-state index in [1.54, 1.807) is 6.20 Å². The molecule has 0 saturated heterocycles. The molecule has 0 aliphatic carbocycles. The first-order valence-electron chi connectivity index (χ1n) is 5.22. The predicted molar refractivity (Wildman–Crippen MR) is 60.0 cm³/mol. The first-order valence-corrected chi connectivity index (χ1v) is 5.22. The molecule has 3 N–H and O–H groups in total. The summed E-state index contributed by atoms with van der Waals surface area (Å²) in [7, 11) is 0. The molecular weight excluding hydrogens is 174 g/mol. The molecule has 1 atom stereocenters. The Balaban J connectivity index is 2.73. The third kappa shape index (κ3) is 2.70. The number of nitrogens with one attached hydrogen (secondary N) is 1. The van der Waals surface area contributed by atoms with Crippen molar-refractivity contribution in [3.63, 3.8) is 0 Å². The molecule has 3 heteroatoms. The van der Waals surface area contributed by atoms with Gasteiger partial charge in [-0.15, -0.1) is 0 Å². The number of rotatable bonds is 5. The molecular formula is C11H19N3. The third-order valence-corrected chi connectivity index (χ3v) is 2.31. The minimum absolute atomic E-state index is 0.337. The second-order valence-electron chi connectivity index (χ2n) is 3.42. The monoisotopic (exact) mass is 193 g/mol. The Labute approximate surface area is 85.7 Å². The quantitative estimate of drug-likeness (QED) is 0.753. The first-order chi connectivity index (χ1) is 6.79. The molecule has 0 aromatic carbocycles. The summed E-state index contributed by atoms with van der Waals surface area (Å²) in [6.45, 7) is 5.33. The van der Waals surface area contributed by atoms with Crippen LogP contribution >= 0.6 is 0 Å². The summed E-state index contributed by atoms with van der Waals surface area (Å²) in [6.07, 6.45) is 5.75. The van der Waals surface area contributed by atoms with Gasteiger partial charge < -0.3 is 11.1 Å². The van der Waals surface area contributed by atoms with Crippen LogP contribution in [0.5, 0.6) is 0 Å². The van der Waals surface area contributed by atoms with Crippen molar-refractivity contribution >= 4 is 5.69 Å². The van der Waals surface area contributed by atoms with Gasteiger partial charge in [0, 0.05) is 29.7 Å². The molecule has 1 aromatic rings. The molecule has 0 fully saturated rings. The second kappa shape index (κ2) is 5.60. The largest absolute Gasteiger partial charge is 0.398 e. The Hall–Kier alpha value is -1.09. The van der Waals surface area contributed by atoms with Crippen LogP contribution in [0.3, 0.4) is 0 Å². The van der Waals surface area contributed by atoms with Crippen LogP contribution in [0.2, 0.25) is 0 Å². The van der Waals surface area contributed by atoms with Crippen molar-refractivity contribution in [3.05, 3.63) is 24.0 Å². The van der Waals surface area contributed by atoms with Gasteiger partial charge in [-0.1, -0.05) is 13.8 Å². The van der Waals surface area contributed by atoms with Gasteiger partial charge in [-0.05, 0) is 25.5 Å². The van der Waals surface area contributed by atoms with Crippen LogP contribution in [-0.4, -0.2) is 11.5 Å². The van der Waals surface area contributed by atoms with Crippen LogP contribution in [0.1, 0.15) is 38.3 Å². The standard InChI is InChI=1S/C11H19N3/c1-3-6-14-11(4-2)9-8-13-7-5-10(9)12/h5,7-8,11,14H,3-4,6H2,1-2H3,(H2,12,13). The number of pyridine rings is 1. The lowest BCUT2D eigenvalue weighted by molar-refractivity contribution is 0.518. The van der Waals surface area contributed by atoms with Crippen molar-refractivity contribution < 1.29 is 0 Å². The molecule has 78 valence electrons. The van der Waals surface area contributed by atoms with Crippen LogP contribution < -0.4 is 11.1 Å². The maximum atomic E-state index is 5.89. The van der Waals surface area contributed by atoms with Crippen molar-refractivity contribution in [2.45, 2.75) is 32.7 Å². The number of nitrogens with two attached hydrogens (primary N) is 1. The Bertz CT molecular complexity index is 273. The lowest BCUT2D eigenvalue weighted by Gasteiger charge is -2.18. The zero-order valence-electron chi connectivity index (χ0n) is 8.96. The van der Waals surface area contributed by atoms with Crippen LogP contribution in [0.15, 0.2) is 18.5 Å². The van der Waals surface area contributed by atoms with Crippen LogP contribution in [-0.2, 0) is 0 Å². The highest BCUT2D eigenvalue weighted by atomic mass is 14.9. The first kappa shape index (κ1) is 11.0. The van der Waals surface area contributed by atoms with Crippen molar-refractivity contribution in [1.82, 2.24) is 10.3 Å². The van der Waals surface area contributed by atoms with Crippen LogP contribution in [0.25, 0.3) is 0 Å². The lowest BCUT2D eigenvalue weighted by Crippen LogP contribution is -2.22. The fraction of sp³-hybridized carbons (Fsp3) is 0.545. The van der Waals surface area contributed by atoms with Crippen LogP contribution in [0.4, 0.5) is 5.69 Å². The van der Waals surface area contributed by atoms with Gasteiger partial charge in [-0.25, -0.2) is 0 Å². The van der Waals surface area contributed by atoms with Gasteiger partial charge in [0.05, 0.1) is 0 Å². The van der Waals surface area contributed by atoms with E-state index < -0.39 is 0 Å². The normalized spacial score (nSPS) is 12.7. The van der Waals surface area contributed by atoms with Gasteiger partial charge in [0.1, 0.15) is 0 Å². The van der Waals surface area contributed by atoms with Gasteiger partial charge in [0.2, 0.25) is 0 Å². The number of anilines is 1. The number of nitrogen functional groups attached to an aromatic ring is 1. The number of hydrogen-bond donors (Lipinski definition) is 2. The highest BCUT2D eigenvalue weighted by Crippen LogP contribution is 2.21. The molecule has 0 aliphatic heterocycles. The van der Waals surface area contributed by atoms with Crippen molar-refractivity contribution in [1.29, 1.82) is 0 Å². The molecule has 1 unspecified atom stereocenters. The molecule has 0 bridgehead atoms. The Morgan fingerprint density at radius 1 is 1.50 bits per heavy atom. The Kier molecular flexibility index (Phi) is 4.40. The molecule has 3 nitrogen and oxygen atoms in total. The van der Waals surface area contributed by atoms with E-state index in [-0.39, 0.29) is 0 Å². The van der Waals surface area contributed by atoms with E-state index in [0.717, 1.165) is 30.6 Å². The van der Waals surface area contributed by atoms with Gasteiger partial charge in [-0.2, -0.15) is 0 Å². The van der Waals surface area contributed by atoms with E-state index in [4.69, 9.17) is 5.73 Å². The predicted octanol–water partition coefficient (Wildman–Crippen LogP) is 2.11. The van der Waals surface area contributed by atoms with Crippen LogP contribution in [0, 0.1) is 0 Å². The molecule has 0 amide bonds. The summed E-state index contributed by atoms with van der Waals surface area (Å²) in [6, 6.07) is 2.19. The highest BCUT2D eigenvalue weighted by molar-refractivity contribution is 5.46. The molecule has 0 saturated carbocycles. The zero-order valence-corrected chi connectivity index (χ0v) is 8.96.